The predicted octanol–water partition coefficient (Wildman–Crippen LogP) is 2.40. The number of benzene rings is 1. The number of nitrogens with one attached hydrogen (secondary N) is 3. The van der Waals surface area contributed by atoms with E-state index in [1.54, 1.807) is 25.1 Å². The SMILES string of the molecule is CC(NC(=O)c1cccc(Cl)c1Cl)C(=O)NCC1CCCN1.Cl. The summed E-state index contributed by atoms with van der Waals surface area (Å²) in [5.41, 5.74) is 0.256. The number of halogens is 3. The number of carbonyl (C=O) groups is 2. The molecule has 1 aromatic rings. The highest BCUT2D eigenvalue weighted by Crippen LogP contribution is 2.25. The minimum absolute atomic E-state index is 0. The Balaban J connectivity index is 0.00000264. The van der Waals surface area contributed by atoms with Crippen LogP contribution in [0.15, 0.2) is 18.2 Å². The average Bonchev–Trinajstić information content (AvgIpc) is 3.00. The Hall–Kier alpha value is -1.01. The normalized spacial score (nSPS) is 18.0. The van der Waals surface area contributed by atoms with Crippen LogP contribution in [0, 0.1) is 0 Å². The second-order valence-electron chi connectivity index (χ2n) is 5.33. The van der Waals surface area contributed by atoms with Crippen LogP contribution in [0.1, 0.15) is 30.1 Å². The van der Waals surface area contributed by atoms with E-state index >= 15 is 0 Å². The molecule has 1 aromatic carbocycles. The van der Waals surface area contributed by atoms with Crippen molar-refractivity contribution in [3.05, 3.63) is 33.8 Å². The van der Waals surface area contributed by atoms with Crippen LogP contribution in [0.3, 0.4) is 0 Å². The first-order valence-corrected chi connectivity index (χ1v) is 8.00. The van der Waals surface area contributed by atoms with Gasteiger partial charge in [-0.05, 0) is 38.4 Å². The van der Waals surface area contributed by atoms with Crippen molar-refractivity contribution < 1.29 is 9.59 Å². The summed E-state index contributed by atoms with van der Waals surface area (Å²) in [7, 11) is 0. The van der Waals surface area contributed by atoms with Gasteiger partial charge >= 0.3 is 0 Å². The molecule has 128 valence electrons. The van der Waals surface area contributed by atoms with Crippen LogP contribution in [0.2, 0.25) is 10.0 Å². The molecule has 8 heteroatoms. The molecule has 0 bridgehead atoms. The molecule has 0 aliphatic carbocycles. The van der Waals surface area contributed by atoms with Gasteiger partial charge in [0.1, 0.15) is 6.04 Å². The molecule has 1 aliphatic heterocycles. The quantitative estimate of drug-likeness (QED) is 0.734. The lowest BCUT2D eigenvalue weighted by Gasteiger charge is -2.17. The molecule has 2 amide bonds. The van der Waals surface area contributed by atoms with Gasteiger partial charge in [0.2, 0.25) is 5.91 Å². The molecule has 1 fully saturated rings. The van der Waals surface area contributed by atoms with Crippen LogP contribution >= 0.6 is 35.6 Å². The molecule has 1 heterocycles. The summed E-state index contributed by atoms with van der Waals surface area (Å²) in [4.78, 5) is 24.2. The van der Waals surface area contributed by atoms with Crippen molar-refractivity contribution in [2.45, 2.75) is 31.8 Å². The smallest absolute Gasteiger partial charge is 0.253 e. The summed E-state index contributed by atoms with van der Waals surface area (Å²) < 4.78 is 0. The Morgan fingerprint density at radius 1 is 1.39 bits per heavy atom. The Morgan fingerprint density at radius 3 is 2.78 bits per heavy atom. The van der Waals surface area contributed by atoms with Crippen LogP contribution in [0.4, 0.5) is 0 Å². The van der Waals surface area contributed by atoms with Crippen LogP contribution in [-0.2, 0) is 4.79 Å². The summed E-state index contributed by atoms with van der Waals surface area (Å²) in [6.07, 6.45) is 2.18. The maximum absolute atomic E-state index is 12.1. The lowest BCUT2D eigenvalue weighted by atomic mass is 10.2. The zero-order valence-electron chi connectivity index (χ0n) is 12.7. The van der Waals surface area contributed by atoms with Gasteiger partial charge in [0.25, 0.3) is 5.91 Å². The zero-order chi connectivity index (χ0) is 16.1. The lowest BCUT2D eigenvalue weighted by Crippen LogP contribution is -2.47. The molecular formula is C15H20Cl3N3O2. The first-order chi connectivity index (χ1) is 10.5. The fourth-order valence-electron chi connectivity index (χ4n) is 2.33. The number of rotatable bonds is 5. The standard InChI is InChI=1S/C15H19Cl2N3O2.ClH/c1-9(14(21)19-8-10-4-3-7-18-10)20-15(22)11-5-2-6-12(16)13(11)17;/h2,5-6,9-10,18H,3-4,7-8H2,1H3,(H,19,21)(H,20,22);1H. The molecule has 5 nitrogen and oxygen atoms in total. The van der Waals surface area contributed by atoms with E-state index in [4.69, 9.17) is 23.2 Å². The Bertz CT molecular complexity index is 563. The van der Waals surface area contributed by atoms with E-state index in [0.29, 0.717) is 17.6 Å². The maximum Gasteiger partial charge on any atom is 0.253 e. The summed E-state index contributed by atoms with van der Waals surface area (Å²) in [6, 6.07) is 4.47. The Morgan fingerprint density at radius 2 is 2.13 bits per heavy atom. The van der Waals surface area contributed by atoms with Gasteiger partial charge in [0.15, 0.2) is 0 Å². The minimum atomic E-state index is -0.649. The molecule has 23 heavy (non-hydrogen) atoms. The third-order valence-electron chi connectivity index (χ3n) is 3.62. The van der Waals surface area contributed by atoms with Gasteiger partial charge in [-0.25, -0.2) is 0 Å². The molecule has 1 aliphatic rings. The van der Waals surface area contributed by atoms with E-state index in [0.717, 1.165) is 19.4 Å². The summed E-state index contributed by atoms with van der Waals surface area (Å²) in [6.45, 7) is 3.19. The monoisotopic (exact) mass is 379 g/mol. The molecule has 0 aromatic heterocycles. The van der Waals surface area contributed by atoms with Crippen LogP contribution in [-0.4, -0.2) is 37.0 Å². The fourth-order valence-corrected chi connectivity index (χ4v) is 2.71. The highest BCUT2D eigenvalue weighted by molar-refractivity contribution is 6.43. The van der Waals surface area contributed by atoms with E-state index in [1.165, 1.54) is 0 Å². The van der Waals surface area contributed by atoms with Gasteiger partial charge in [-0.15, -0.1) is 12.4 Å². The van der Waals surface area contributed by atoms with E-state index in [9.17, 15) is 9.59 Å². The van der Waals surface area contributed by atoms with Crippen LogP contribution in [0.5, 0.6) is 0 Å². The number of carbonyl (C=O) groups excluding carboxylic acids is 2. The summed E-state index contributed by atoms with van der Waals surface area (Å²) in [5.74, 6) is -0.644. The zero-order valence-corrected chi connectivity index (χ0v) is 15.0. The third-order valence-corrected chi connectivity index (χ3v) is 4.44. The van der Waals surface area contributed by atoms with E-state index in [-0.39, 0.29) is 28.9 Å². The summed E-state index contributed by atoms with van der Waals surface area (Å²) >= 11 is 11.9. The number of hydrogen-bond acceptors (Lipinski definition) is 3. The highest BCUT2D eigenvalue weighted by atomic mass is 35.5. The van der Waals surface area contributed by atoms with Gasteiger partial charge in [-0.2, -0.15) is 0 Å². The van der Waals surface area contributed by atoms with Crippen molar-refractivity contribution >= 4 is 47.4 Å². The first kappa shape index (κ1) is 20.0. The molecule has 2 rings (SSSR count). The molecule has 2 atom stereocenters. The molecular weight excluding hydrogens is 361 g/mol. The van der Waals surface area contributed by atoms with Crippen molar-refractivity contribution in [3.63, 3.8) is 0 Å². The molecule has 2 unspecified atom stereocenters. The van der Waals surface area contributed by atoms with Crippen molar-refractivity contribution in [2.75, 3.05) is 13.1 Å². The summed E-state index contributed by atoms with van der Waals surface area (Å²) in [5, 5.41) is 9.24. The van der Waals surface area contributed by atoms with E-state index < -0.39 is 11.9 Å². The average molecular weight is 381 g/mol. The largest absolute Gasteiger partial charge is 0.353 e. The number of amides is 2. The van der Waals surface area contributed by atoms with Gasteiger partial charge in [-0.3, -0.25) is 9.59 Å². The van der Waals surface area contributed by atoms with E-state index in [1.807, 2.05) is 0 Å². The van der Waals surface area contributed by atoms with Crippen LogP contribution in [0.25, 0.3) is 0 Å². The minimum Gasteiger partial charge on any atom is -0.353 e. The predicted molar refractivity (Wildman–Crippen MR) is 94.7 cm³/mol. The first-order valence-electron chi connectivity index (χ1n) is 7.25. The lowest BCUT2D eigenvalue weighted by molar-refractivity contribution is -0.122. The Labute approximate surface area is 151 Å². The van der Waals surface area contributed by atoms with Gasteiger partial charge in [0, 0.05) is 12.6 Å². The third kappa shape index (κ3) is 5.53. The van der Waals surface area contributed by atoms with Gasteiger partial charge < -0.3 is 16.0 Å². The maximum atomic E-state index is 12.1. The van der Waals surface area contributed by atoms with Crippen molar-refractivity contribution in [2.24, 2.45) is 0 Å². The fraction of sp³-hybridized carbons (Fsp3) is 0.467. The molecule has 0 spiro atoms. The second kappa shape index (κ2) is 9.33. The highest BCUT2D eigenvalue weighted by Gasteiger charge is 2.20. The molecule has 0 saturated carbocycles. The van der Waals surface area contributed by atoms with Gasteiger partial charge in [-0.1, -0.05) is 29.3 Å². The number of hydrogen-bond donors (Lipinski definition) is 3. The van der Waals surface area contributed by atoms with E-state index in [2.05, 4.69) is 16.0 Å². The van der Waals surface area contributed by atoms with Crippen LogP contribution < -0.4 is 16.0 Å². The molecule has 1 saturated heterocycles. The molecule has 0 radical (unpaired) electrons. The van der Waals surface area contributed by atoms with Crippen molar-refractivity contribution in [1.29, 1.82) is 0 Å². The topological polar surface area (TPSA) is 70.2 Å². The molecule has 3 N–H and O–H groups in total. The van der Waals surface area contributed by atoms with Crippen molar-refractivity contribution in [1.82, 2.24) is 16.0 Å². The second-order valence-corrected chi connectivity index (χ2v) is 6.12. The van der Waals surface area contributed by atoms with Crippen molar-refractivity contribution in [3.8, 4) is 0 Å². The van der Waals surface area contributed by atoms with Gasteiger partial charge in [0.05, 0.1) is 15.6 Å². The Kier molecular flexibility index (Phi) is 8.12.